The first-order chi connectivity index (χ1) is 14.1. The van der Waals surface area contributed by atoms with Crippen LogP contribution in [0.25, 0.3) is 5.57 Å². The summed E-state index contributed by atoms with van der Waals surface area (Å²) in [6, 6.07) is 9.22. The van der Waals surface area contributed by atoms with Crippen LogP contribution in [0, 0.1) is 23.1 Å². The Balaban J connectivity index is 1.32. The Hall–Kier alpha value is -2.19. The van der Waals surface area contributed by atoms with Crippen LogP contribution >= 0.6 is 0 Å². The van der Waals surface area contributed by atoms with E-state index >= 15 is 0 Å². The Labute approximate surface area is 173 Å². The maximum Gasteiger partial charge on any atom is 0.220 e. The Morgan fingerprint density at radius 1 is 1.21 bits per heavy atom. The van der Waals surface area contributed by atoms with Gasteiger partial charge in [0.15, 0.2) is 0 Å². The number of nitriles is 1. The Morgan fingerprint density at radius 3 is 2.62 bits per heavy atom. The van der Waals surface area contributed by atoms with Crippen molar-refractivity contribution in [1.29, 1.82) is 5.26 Å². The third-order valence-electron chi connectivity index (χ3n) is 6.27. The summed E-state index contributed by atoms with van der Waals surface area (Å²) in [5, 5.41) is 11.7. The van der Waals surface area contributed by atoms with Gasteiger partial charge in [0, 0.05) is 32.0 Å². The molecule has 4 nitrogen and oxygen atoms in total. The van der Waals surface area contributed by atoms with Crippen molar-refractivity contribution in [1.82, 2.24) is 10.2 Å². The lowest BCUT2D eigenvalue weighted by molar-refractivity contribution is -0.122. The van der Waals surface area contributed by atoms with E-state index in [0.29, 0.717) is 25.3 Å². The lowest BCUT2D eigenvalue weighted by atomic mass is 9.84. The molecule has 3 rings (SSSR count). The maximum atomic E-state index is 13.1. The molecule has 156 valence electrons. The van der Waals surface area contributed by atoms with Crippen molar-refractivity contribution in [2.75, 3.05) is 19.6 Å². The molecule has 29 heavy (non-hydrogen) atoms. The van der Waals surface area contributed by atoms with E-state index in [1.165, 1.54) is 37.0 Å². The lowest BCUT2D eigenvalue weighted by Gasteiger charge is -2.32. The second-order valence-corrected chi connectivity index (χ2v) is 8.37. The Morgan fingerprint density at radius 2 is 1.97 bits per heavy atom. The van der Waals surface area contributed by atoms with Gasteiger partial charge in [-0.15, -0.1) is 0 Å². The monoisotopic (exact) mass is 397 g/mol. The Bertz CT molecular complexity index is 729. The minimum Gasteiger partial charge on any atom is -0.353 e. The average Bonchev–Trinajstić information content (AvgIpc) is 2.74. The van der Waals surface area contributed by atoms with Gasteiger partial charge in [0.2, 0.25) is 5.91 Å². The average molecular weight is 398 g/mol. The van der Waals surface area contributed by atoms with Crippen molar-refractivity contribution in [3.05, 3.63) is 41.7 Å². The summed E-state index contributed by atoms with van der Waals surface area (Å²) in [5.74, 6) is 0.671. The molecule has 1 heterocycles. The van der Waals surface area contributed by atoms with Gasteiger partial charge >= 0.3 is 0 Å². The molecule has 0 radical (unpaired) electrons. The zero-order valence-electron chi connectivity index (χ0n) is 17.2. The smallest absolute Gasteiger partial charge is 0.220 e. The van der Waals surface area contributed by atoms with Gasteiger partial charge < -0.3 is 5.32 Å². The number of carbonyl (C=O) groups excluding carboxylic acids is 1. The second kappa shape index (κ2) is 11.1. The van der Waals surface area contributed by atoms with Gasteiger partial charge in [-0.3, -0.25) is 9.69 Å². The molecule has 1 aliphatic heterocycles. The molecule has 5 heteroatoms. The predicted molar refractivity (Wildman–Crippen MR) is 113 cm³/mol. The third-order valence-corrected chi connectivity index (χ3v) is 6.27. The molecule has 1 fully saturated rings. The first-order valence-corrected chi connectivity index (χ1v) is 11.0. The fourth-order valence-electron chi connectivity index (χ4n) is 4.43. The summed E-state index contributed by atoms with van der Waals surface area (Å²) in [6.45, 7) is 3.17. The Kier molecular flexibility index (Phi) is 8.25. The van der Waals surface area contributed by atoms with Crippen LogP contribution in [0.4, 0.5) is 4.39 Å². The quantitative estimate of drug-likeness (QED) is 0.648. The summed E-state index contributed by atoms with van der Waals surface area (Å²) >= 11 is 0. The molecule has 0 unspecified atom stereocenters. The molecule has 1 amide bonds. The van der Waals surface area contributed by atoms with Crippen LogP contribution in [-0.2, 0) is 4.79 Å². The fraction of sp³-hybridized carbons (Fsp3) is 0.583. The van der Waals surface area contributed by atoms with Crippen LogP contribution < -0.4 is 5.32 Å². The van der Waals surface area contributed by atoms with E-state index < -0.39 is 0 Å². The van der Waals surface area contributed by atoms with E-state index in [2.05, 4.69) is 22.4 Å². The van der Waals surface area contributed by atoms with E-state index in [4.69, 9.17) is 5.26 Å². The zero-order valence-corrected chi connectivity index (χ0v) is 17.2. The predicted octanol–water partition coefficient (Wildman–Crippen LogP) is 4.67. The lowest BCUT2D eigenvalue weighted by Crippen LogP contribution is -2.38. The van der Waals surface area contributed by atoms with Crippen LogP contribution in [0.5, 0.6) is 0 Å². The topological polar surface area (TPSA) is 56.1 Å². The highest BCUT2D eigenvalue weighted by molar-refractivity contribution is 5.76. The molecular weight excluding hydrogens is 365 g/mol. The minimum absolute atomic E-state index is 0.0979. The molecule has 1 aromatic rings. The maximum absolute atomic E-state index is 13.1. The van der Waals surface area contributed by atoms with Gasteiger partial charge in [-0.05, 0) is 80.7 Å². The molecule has 0 saturated heterocycles. The van der Waals surface area contributed by atoms with E-state index in [-0.39, 0.29) is 11.7 Å². The number of hydrogen-bond donors (Lipinski definition) is 1. The third kappa shape index (κ3) is 6.97. The molecule has 0 bridgehead atoms. The van der Waals surface area contributed by atoms with Crippen molar-refractivity contribution in [3.8, 4) is 6.07 Å². The standard InChI is InChI=1S/C24H32FN3O/c25-22-8-6-20(7-9-22)21-13-17-28(18-14-21)16-12-19-4-10-23(11-5-19)27-24(29)3-1-2-15-26/h6-9,13,19,23H,1-5,10-12,14,16-18H2,(H,27,29). The van der Waals surface area contributed by atoms with Gasteiger partial charge in [-0.25, -0.2) is 4.39 Å². The summed E-state index contributed by atoms with van der Waals surface area (Å²) in [7, 11) is 0. The van der Waals surface area contributed by atoms with E-state index in [1.807, 2.05) is 12.1 Å². The molecule has 1 N–H and O–H groups in total. The van der Waals surface area contributed by atoms with Crippen molar-refractivity contribution < 1.29 is 9.18 Å². The van der Waals surface area contributed by atoms with Crippen LogP contribution in [0.2, 0.25) is 0 Å². The van der Waals surface area contributed by atoms with Gasteiger partial charge in [-0.2, -0.15) is 5.26 Å². The summed E-state index contributed by atoms with van der Waals surface area (Å²) in [6.07, 6.45) is 10.6. The zero-order chi connectivity index (χ0) is 20.5. The second-order valence-electron chi connectivity index (χ2n) is 8.37. The number of benzene rings is 1. The molecule has 0 atom stereocenters. The van der Waals surface area contributed by atoms with Crippen molar-refractivity contribution in [2.45, 2.75) is 63.8 Å². The van der Waals surface area contributed by atoms with Gasteiger partial charge in [0.05, 0.1) is 6.07 Å². The highest BCUT2D eigenvalue weighted by atomic mass is 19.1. The van der Waals surface area contributed by atoms with Crippen molar-refractivity contribution >= 4 is 11.5 Å². The highest BCUT2D eigenvalue weighted by Crippen LogP contribution is 2.28. The minimum atomic E-state index is -0.180. The number of nitrogens with one attached hydrogen (secondary N) is 1. The number of nitrogens with zero attached hydrogens (tertiary/aromatic N) is 2. The van der Waals surface area contributed by atoms with E-state index in [9.17, 15) is 9.18 Å². The first-order valence-electron chi connectivity index (χ1n) is 11.0. The highest BCUT2D eigenvalue weighted by Gasteiger charge is 2.23. The van der Waals surface area contributed by atoms with Crippen LogP contribution in [0.1, 0.15) is 63.4 Å². The first kappa shape index (κ1) is 21.5. The molecule has 2 aliphatic rings. The number of unbranched alkanes of at least 4 members (excludes halogenated alkanes) is 1. The SMILES string of the molecule is N#CCCCC(=O)NC1CCC(CCN2CC=C(c3ccc(F)cc3)CC2)CC1. The van der Waals surface area contributed by atoms with Gasteiger partial charge in [-0.1, -0.05) is 18.2 Å². The molecule has 0 spiro atoms. The van der Waals surface area contributed by atoms with Crippen molar-refractivity contribution in [3.63, 3.8) is 0 Å². The number of amides is 1. The normalized spacial score (nSPS) is 22.6. The fourth-order valence-corrected chi connectivity index (χ4v) is 4.43. The molecule has 1 saturated carbocycles. The number of halogens is 1. The molecule has 1 aliphatic carbocycles. The molecule has 1 aromatic carbocycles. The van der Waals surface area contributed by atoms with Crippen LogP contribution in [-0.4, -0.2) is 36.5 Å². The number of rotatable bonds is 8. The van der Waals surface area contributed by atoms with E-state index in [1.54, 1.807) is 0 Å². The van der Waals surface area contributed by atoms with Crippen LogP contribution in [0.3, 0.4) is 0 Å². The largest absolute Gasteiger partial charge is 0.353 e. The van der Waals surface area contributed by atoms with Crippen molar-refractivity contribution in [2.24, 2.45) is 5.92 Å². The summed E-state index contributed by atoms with van der Waals surface area (Å²) in [4.78, 5) is 14.4. The summed E-state index contributed by atoms with van der Waals surface area (Å²) in [5.41, 5.74) is 2.46. The van der Waals surface area contributed by atoms with E-state index in [0.717, 1.165) is 50.4 Å². The van der Waals surface area contributed by atoms with Gasteiger partial charge in [0.25, 0.3) is 0 Å². The van der Waals surface area contributed by atoms with Gasteiger partial charge in [0.1, 0.15) is 5.82 Å². The van der Waals surface area contributed by atoms with Crippen LogP contribution in [0.15, 0.2) is 30.3 Å². The molecular formula is C24H32FN3O. The summed E-state index contributed by atoms with van der Waals surface area (Å²) < 4.78 is 13.1. The number of hydrogen-bond acceptors (Lipinski definition) is 3. The number of carbonyl (C=O) groups is 1. The molecule has 0 aromatic heterocycles.